The first-order valence-electron chi connectivity index (χ1n) is 9.67. The summed E-state index contributed by atoms with van der Waals surface area (Å²) in [6.45, 7) is 7.86. The quantitative estimate of drug-likeness (QED) is 0.672. The standard InChI is InChI=1S/C21H24N4O3S/c1-13-3-5-15(6-4-13)11-22-20(27)18-14(2)17-19(26)23-16(24-21(17)29-18)12-25-7-9-28-10-8-25/h3-6H,7-12H2,1-2H3,(H,22,27)(H,23,24,26). The largest absolute Gasteiger partial charge is 0.379 e. The van der Waals surface area contributed by atoms with Crippen molar-refractivity contribution < 1.29 is 9.53 Å². The maximum atomic E-state index is 12.7. The number of carbonyl (C=O) groups excluding carboxylic acids is 1. The van der Waals surface area contributed by atoms with E-state index >= 15 is 0 Å². The number of hydrogen-bond donors (Lipinski definition) is 2. The molecule has 0 spiro atoms. The van der Waals surface area contributed by atoms with E-state index in [9.17, 15) is 9.59 Å². The zero-order valence-electron chi connectivity index (χ0n) is 16.6. The third-order valence-electron chi connectivity index (χ3n) is 5.11. The SMILES string of the molecule is Cc1ccc(CNC(=O)c2sc3nc(CN4CCOCC4)[nH]c(=O)c3c2C)cc1. The van der Waals surface area contributed by atoms with Gasteiger partial charge in [-0.05, 0) is 25.0 Å². The highest BCUT2D eigenvalue weighted by atomic mass is 32.1. The van der Waals surface area contributed by atoms with Gasteiger partial charge in [0, 0.05) is 19.6 Å². The number of morpholine rings is 1. The number of H-pyrrole nitrogens is 1. The van der Waals surface area contributed by atoms with Crippen LogP contribution in [0.15, 0.2) is 29.1 Å². The molecule has 152 valence electrons. The summed E-state index contributed by atoms with van der Waals surface area (Å²) in [5, 5.41) is 3.45. The number of aryl methyl sites for hydroxylation is 2. The number of carbonyl (C=O) groups is 1. The van der Waals surface area contributed by atoms with E-state index in [4.69, 9.17) is 4.74 Å². The van der Waals surface area contributed by atoms with Crippen molar-refractivity contribution in [2.75, 3.05) is 26.3 Å². The van der Waals surface area contributed by atoms with E-state index in [2.05, 4.69) is 20.2 Å². The lowest BCUT2D eigenvalue weighted by Gasteiger charge is -2.25. The number of thiophene rings is 1. The fraction of sp³-hybridized carbons (Fsp3) is 0.381. The van der Waals surface area contributed by atoms with E-state index < -0.39 is 0 Å². The van der Waals surface area contributed by atoms with Gasteiger partial charge in [-0.2, -0.15) is 0 Å². The Kier molecular flexibility index (Phi) is 5.75. The van der Waals surface area contributed by atoms with Gasteiger partial charge in [-0.15, -0.1) is 11.3 Å². The Hall–Kier alpha value is -2.55. The Morgan fingerprint density at radius 3 is 2.69 bits per heavy atom. The van der Waals surface area contributed by atoms with E-state index in [-0.39, 0.29) is 11.5 Å². The van der Waals surface area contributed by atoms with Crippen molar-refractivity contribution in [2.24, 2.45) is 0 Å². The number of nitrogens with one attached hydrogen (secondary N) is 2. The summed E-state index contributed by atoms with van der Waals surface area (Å²) in [5.74, 6) is 0.442. The van der Waals surface area contributed by atoms with Crippen LogP contribution in [0.2, 0.25) is 0 Å². The lowest BCUT2D eigenvalue weighted by molar-refractivity contribution is 0.0331. The molecular formula is C21H24N4O3S. The van der Waals surface area contributed by atoms with Crippen molar-refractivity contribution in [3.05, 3.63) is 62.0 Å². The van der Waals surface area contributed by atoms with E-state index in [1.807, 2.05) is 31.2 Å². The van der Waals surface area contributed by atoms with Gasteiger partial charge in [0.2, 0.25) is 0 Å². The summed E-state index contributed by atoms with van der Waals surface area (Å²) >= 11 is 1.27. The zero-order valence-corrected chi connectivity index (χ0v) is 17.4. The van der Waals surface area contributed by atoms with E-state index in [0.29, 0.717) is 52.8 Å². The van der Waals surface area contributed by atoms with Crippen molar-refractivity contribution in [3.63, 3.8) is 0 Å². The summed E-state index contributed by atoms with van der Waals surface area (Å²) in [5.41, 5.74) is 2.70. The number of hydrogen-bond acceptors (Lipinski definition) is 6. The number of amides is 1. The Balaban J connectivity index is 1.54. The molecule has 1 aliphatic rings. The molecular weight excluding hydrogens is 388 g/mol. The average molecular weight is 413 g/mol. The van der Waals surface area contributed by atoms with Crippen LogP contribution in [0.1, 0.15) is 32.2 Å². The molecule has 1 amide bonds. The molecule has 1 aromatic carbocycles. The summed E-state index contributed by atoms with van der Waals surface area (Å²) in [6, 6.07) is 8.03. The topological polar surface area (TPSA) is 87.3 Å². The highest BCUT2D eigenvalue weighted by Crippen LogP contribution is 2.27. The minimum atomic E-state index is -0.190. The third-order valence-corrected chi connectivity index (χ3v) is 6.29. The van der Waals surface area contributed by atoms with Crippen LogP contribution in [0.5, 0.6) is 0 Å². The van der Waals surface area contributed by atoms with Crippen LogP contribution < -0.4 is 10.9 Å². The molecule has 1 aliphatic heterocycles. The lowest BCUT2D eigenvalue weighted by atomic mass is 10.1. The number of ether oxygens (including phenoxy) is 1. The van der Waals surface area contributed by atoms with Gasteiger partial charge >= 0.3 is 0 Å². The average Bonchev–Trinajstić information content (AvgIpc) is 3.05. The monoisotopic (exact) mass is 412 g/mol. The number of nitrogens with zero attached hydrogens (tertiary/aromatic N) is 2. The maximum absolute atomic E-state index is 12.7. The highest BCUT2D eigenvalue weighted by Gasteiger charge is 2.20. The smallest absolute Gasteiger partial charge is 0.261 e. The first-order valence-corrected chi connectivity index (χ1v) is 10.5. The van der Waals surface area contributed by atoms with Gasteiger partial charge in [-0.25, -0.2) is 4.98 Å². The van der Waals surface area contributed by atoms with Crippen molar-refractivity contribution in [1.29, 1.82) is 0 Å². The van der Waals surface area contributed by atoms with Crippen LogP contribution in [0.4, 0.5) is 0 Å². The van der Waals surface area contributed by atoms with Gasteiger partial charge in [0.15, 0.2) is 0 Å². The molecule has 29 heavy (non-hydrogen) atoms. The van der Waals surface area contributed by atoms with Crippen LogP contribution in [0.25, 0.3) is 10.2 Å². The van der Waals surface area contributed by atoms with Crippen molar-refractivity contribution in [3.8, 4) is 0 Å². The molecule has 0 aliphatic carbocycles. The Morgan fingerprint density at radius 1 is 1.24 bits per heavy atom. The molecule has 0 bridgehead atoms. The summed E-state index contributed by atoms with van der Waals surface area (Å²) < 4.78 is 5.36. The van der Waals surface area contributed by atoms with Gasteiger partial charge in [0.05, 0.1) is 30.0 Å². The second kappa shape index (κ2) is 8.44. The molecule has 2 aromatic heterocycles. The molecule has 0 unspecified atom stereocenters. The predicted octanol–water partition coefficient (Wildman–Crippen LogP) is 2.36. The number of aromatic amines is 1. The van der Waals surface area contributed by atoms with Crippen LogP contribution >= 0.6 is 11.3 Å². The first-order chi connectivity index (χ1) is 14.0. The van der Waals surface area contributed by atoms with Gasteiger partial charge in [0.25, 0.3) is 11.5 Å². The van der Waals surface area contributed by atoms with E-state index in [1.54, 1.807) is 6.92 Å². The van der Waals surface area contributed by atoms with Crippen LogP contribution in [-0.4, -0.2) is 47.1 Å². The molecule has 4 rings (SSSR count). The minimum absolute atomic E-state index is 0.180. The fourth-order valence-corrected chi connectivity index (χ4v) is 4.54. The second-order valence-corrected chi connectivity index (χ2v) is 8.30. The van der Waals surface area contributed by atoms with Crippen molar-refractivity contribution in [2.45, 2.75) is 26.9 Å². The number of benzene rings is 1. The Labute approximate surface area is 172 Å². The van der Waals surface area contributed by atoms with Gasteiger partial charge in [0.1, 0.15) is 10.7 Å². The lowest BCUT2D eigenvalue weighted by Crippen LogP contribution is -2.36. The van der Waals surface area contributed by atoms with Crippen molar-refractivity contribution in [1.82, 2.24) is 20.2 Å². The molecule has 0 radical (unpaired) electrons. The normalized spacial score (nSPS) is 15.0. The molecule has 1 fully saturated rings. The van der Waals surface area contributed by atoms with Crippen LogP contribution in [0.3, 0.4) is 0 Å². The summed E-state index contributed by atoms with van der Waals surface area (Å²) in [7, 11) is 0. The van der Waals surface area contributed by atoms with Crippen LogP contribution in [0, 0.1) is 13.8 Å². The van der Waals surface area contributed by atoms with Crippen molar-refractivity contribution >= 4 is 27.5 Å². The summed E-state index contributed by atoms with van der Waals surface area (Å²) in [6.07, 6.45) is 0. The van der Waals surface area contributed by atoms with Crippen LogP contribution in [-0.2, 0) is 17.8 Å². The molecule has 1 saturated heterocycles. The zero-order chi connectivity index (χ0) is 20.4. The minimum Gasteiger partial charge on any atom is -0.379 e. The predicted molar refractivity (Wildman–Crippen MR) is 113 cm³/mol. The molecule has 0 saturated carbocycles. The molecule has 2 N–H and O–H groups in total. The highest BCUT2D eigenvalue weighted by molar-refractivity contribution is 7.20. The van der Waals surface area contributed by atoms with Gasteiger partial charge in [-0.3, -0.25) is 14.5 Å². The van der Waals surface area contributed by atoms with E-state index in [0.717, 1.165) is 18.7 Å². The van der Waals surface area contributed by atoms with Gasteiger partial charge in [-0.1, -0.05) is 29.8 Å². The Morgan fingerprint density at radius 2 is 1.97 bits per heavy atom. The maximum Gasteiger partial charge on any atom is 0.261 e. The number of fused-ring (bicyclic) bond motifs is 1. The number of rotatable bonds is 5. The Bertz CT molecular complexity index is 1080. The molecule has 3 heterocycles. The molecule has 0 atom stereocenters. The second-order valence-electron chi connectivity index (χ2n) is 7.31. The summed E-state index contributed by atoms with van der Waals surface area (Å²) in [4.78, 5) is 36.2. The fourth-order valence-electron chi connectivity index (χ4n) is 3.42. The first kappa shape index (κ1) is 19.8. The molecule has 7 nitrogen and oxygen atoms in total. The number of aromatic nitrogens is 2. The van der Waals surface area contributed by atoms with Gasteiger partial charge < -0.3 is 15.0 Å². The molecule has 8 heteroatoms. The third kappa shape index (κ3) is 4.39. The molecule has 3 aromatic rings. The van der Waals surface area contributed by atoms with E-state index in [1.165, 1.54) is 16.9 Å².